The molecule has 4 rings (SSSR count). The first-order chi connectivity index (χ1) is 16.1. The molecule has 2 aromatic rings. The van der Waals surface area contributed by atoms with Gasteiger partial charge in [-0.25, -0.2) is 10.0 Å². The number of carbonyl (C=O) groups is 1. The number of ether oxygens (including phenoxy) is 2. The second-order valence-corrected chi connectivity index (χ2v) is 9.39. The van der Waals surface area contributed by atoms with Crippen LogP contribution in [0.25, 0.3) is 0 Å². The second kappa shape index (κ2) is 11.1. The van der Waals surface area contributed by atoms with Gasteiger partial charge in [0.2, 0.25) is 5.90 Å². The molecule has 1 amide bonds. The van der Waals surface area contributed by atoms with Crippen LogP contribution in [0.4, 0.5) is 0 Å². The van der Waals surface area contributed by atoms with Gasteiger partial charge in [0.1, 0.15) is 12.4 Å². The van der Waals surface area contributed by atoms with E-state index in [0.29, 0.717) is 25.3 Å². The average Bonchev–Trinajstić information content (AvgIpc) is 3.27. The minimum Gasteiger partial charge on any atom is -0.494 e. The summed E-state index contributed by atoms with van der Waals surface area (Å²) in [5.41, 5.74) is 3.89. The Bertz CT molecular complexity index is 959. The second-order valence-electron chi connectivity index (χ2n) is 8.48. The summed E-state index contributed by atoms with van der Waals surface area (Å²) in [4.78, 5) is 18.3. The van der Waals surface area contributed by atoms with Gasteiger partial charge in [-0.05, 0) is 54.8 Å². The number of aliphatic hydroxyl groups excluding tert-OH is 1. The van der Waals surface area contributed by atoms with E-state index >= 15 is 0 Å². The summed E-state index contributed by atoms with van der Waals surface area (Å²) in [7, 11) is 0. The van der Waals surface area contributed by atoms with Gasteiger partial charge >= 0.3 is 0 Å². The summed E-state index contributed by atoms with van der Waals surface area (Å²) >= 11 is 3.47. The van der Waals surface area contributed by atoms with Gasteiger partial charge < -0.3 is 14.6 Å². The fourth-order valence-corrected chi connectivity index (χ4v) is 4.29. The van der Waals surface area contributed by atoms with Crippen LogP contribution in [0.15, 0.2) is 58.0 Å². The van der Waals surface area contributed by atoms with E-state index in [2.05, 4.69) is 21.4 Å². The van der Waals surface area contributed by atoms with E-state index in [-0.39, 0.29) is 19.1 Å². The van der Waals surface area contributed by atoms with Crippen LogP contribution in [-0.4, -0.2) is 60.4 Å². The predicted molar refractivity (Wildman–Crippen MR) is 130 cm³/mol. The lowest BCUT2D eigenvalue weighted by Crippen LogP contribution is -2.55. The third kappa shape index (κ3) is 6.13. The number of carbonyl (C=O) groups excluding carboxylic acids is 1. The summed E-state index contributed by atoms with van der Waals surface area (Å²) in [5.74, 6) is 1.05. The molecule has 1 atom stereocenters. The Labute approximate surface area is 202 Å². The number of aliphatic hydroxyl groups is 1. The van der Waals surface area contributed by atoms with Crippen molar-refractivity contribution in [1.82, 2.24) is 10.4 Å². The molecule has 2 aliphatic rings. The summed E-state index contributed by atoms with van der Waals surface area (Å²) in [6, 6.07) is 15.4. The zero-order valence-electron chi connectivity index (χ0n) is 18.6. The van der Waals surface area contributed by atoms with Crippen LogP contribution in [0.1, 0.15) is 36.8 Å². The molecular formula is C25H30BrN3O4. The highest BCUT2D eigenvalue weighted by Crippen LogP contribution is 2.28. The molecule has 0 radical (unpaired) electrons. The predicted octanol–water partition coefficient (Wildman–Crippen LogP) is 3.49. The van der Waals surface area contributed by atoms with E-state index in [1.807, 2.05) is 53.5 Å². The molecule has 8 heteroatoms. The van der Waals surface area contributed by atoms with Gasteiger partial charge in [0, 0.05) is 42.6 Å². The fourth-order valence-electron chi connectivity index (χ4n) is 4.02. The molecular weight excluding hydrogens is 486 g/mol. The smallest absolute Gasteiger partial charge is 0.266 e. The van der Waals surface area contributed by atoms with Crippen LogP contribution in [-0.2, 0) is 16.0 Å². The quantitative estimate of drug-likeness (QED) is 0.499. The Hall–Kier alpha value is -2.42. The average molecular weight is 516 g/mol. The zero-order valence-corrected chi connectivity index (χ0v) is 20.2. The minimum absolute atomic E-state index is 0.0999. The van der Waals surface area contributed by atoms with Crippen molar-refractivity contribution in [2.75, 3.05) is 32.9 Å². The highest BCUT2D eigenvalue weighted by Gasteiger charge is 2.45. The van der Waals surface area contributed by atoms with Gasteiger partial charge in [-0.1, -0.05) is 34.5 Å². The highest BCUT2D eigenvalue weighted by atomic mass is 79.9. The van der Waals surface area contributed by atoms with Crippen molar-refractivity contribution in [2.45, 2.75) is 37.6 Å². The fraction of sp³-hybridized carbons (Fsp3) is 0.440. The number of amides is 1. The Morgan fingerprint density at radius 2 is 1.85 bits per heavy atom. The van der Waals surface area contributed by atoms with Crippen molar-refractivity contribution in [1.29, 1.82) is 0 Å². The lowest BCUT2D eigenvalue weighted by molar-refractivity contribution is -0.132. The zero-order chi connectivity index (χ0) is 23.1. The molecule has 1 fully saturated rings. The summed E-state index contributed by atoms with van der Waals surface area (Å²) in [6.07, 6.45) is 4.39. The number of piperidine rings is 1. The first kappa shape index (κ1) is 23.7. The van der Waals surface area contributed by atoms with E-state index in [4.69, 9.17) is 19.6 Å². The standard InChI is InChI=1S/C25H30BrN3O4/c26-21-9-5-19(6-10-21)17-25(24(31)28-29-13-2-1-3-14-29)18-33-23(27-25)20-7-11-22(12-8-20)32-16-4-15-30/h5-12,30H,1-4,13-18H2,(H,28,31)/t25-/m0/s1. The largest absolute Gasteiger partial charge is 0.494 e. The van der Waals surface area contributed by atoms with Gasteiger partial charge in [-0.15, -0.1) is 0 Å². The van der Waals surface area contributed by atoms with Crippen molar-refractivity contribution >= 4 is 27.7 Å². The van der Waals surface area contributed by atoms with Gasteiger partial charge in [0.15, 0.2) is 5.54 Å². The molecule has 2 aromatic carbocycles. The molecule has 0 spiro atoms. The maximum atomic E-state index is 13.5. The molecule has 0 unspecified atom stereocenters. The molecule has 2 heterocycles. The van der Waals surface area contributed by atoms with Crippen LogP contribution in [0.3, 0.4) is 0 Å². The number of hydrogen-bond acceptors (Lipinski definition) is 6. The van der Waals surface area contributed by atoms with Gasteiger partial charge in [0.25, 0.3) is 5.91 Å². The molecule has 0 aromatic heterocycles. The van der Waals surface area contributed by atoms with Crippen LogP contribution in [0.2, 0.25) is 0 Å². The van der Waals surface area contributed by atoms with Gasteiger partial charge in [0.05, 0.1) is 6.61 Å². The molecule has 33 heavy (non-hydrogen) atoms. The lowest BCUT2D eigenvalue weighted by Gasteiger charge is -2.31. The Balaban J connectivity index is 1.55. The molecule has 0 saturated carbocycles. The van der Waals surface area contributed by atoms with E-state index < -0.39 is 5.54 Å². The van der Waals surface area contributed by atoms with Crippen LogP contribution in [0.5, 0.6) is 5.75 Å². The van der Waals surface area contributed by atoms with E-state index in [9.17, 15) is 4.79 Å². The molecule has 176 valence electrons. The van der Waals surface area contributed by atoms with Crippen LogP contribution in [0, 0.1) is 0 Å². The molecule has 0 bridgehead atoms. The monoisotopic (exact) mass is 515 g/mol. The number of halogens is 1. The SMILES string of the molecule is O=C(NN1CCCCC1)[C@]1(Cc2ccc(Br)cc2)COC(c2ccc(OCCCO)cc2)=N1. The van der Waals surface area contributed by atoms with E-state index in [1.165, 1.54) is 6.42 Å². The molecule has 2 aliphatic heterocycles. The first-order valence-electron chi connectivity index (χ1n) is 11.5. The summed E-state index contributed by atoms with van der Waals surface area (Å²) in [6.45, 7) is 2.46. The van der Waals surface area contributed by atoms with Gasteiger partial charge in [-0.2, -0.15) is 0 Å². The number of hydrogen-bond donors (Lipinski definition) is 2. The third-order valence-electron chi connectivity index (χ3n) is 5.88. The maximum Gasteiger partial charge on any atom is 0.266 e. The number of hydrazine groups is 1. The first-order valence-corrected chi connectivity index (χ1v) is 12.2. The molecule has 2 N–H and O–H groups in total. The maximum absolute atomic E-state index is 13.5. The van der Waals surface area contributed by atoms with Crippen molar-refractivity contribution < 1.29 is 19.4 Å². The van der Waals surface area contributed by atoms with E-state index in [0.717, 1.165) is 47.3 Å². The van der Waals surface area contributed by atoms with Crippen molar-refractivity contribution in [3.8, 4) is 5.75 Å². The number of nitrogens with zero attached hydrogens (tertiary/aromatic N) is 2. The lowest BCUT2D eigenvalue weighted by atomic mass is 9.91. The molecule has 1 saturated heterocycles. The number of benzene rings is 2. The third-order valence-corrected chi connectivity index (χ3v) is 6.41. The Morgan fingerprint density at radius 3 is 2.55 bits per heavy atom. The Kier molecular flexibility index (Phi) is 8.01. The van der Waals surface area contributed by atoms with Crippen molar-refractivity contribution in [3.63, 3.8) is 0 Å². The number of nitrogens with one attached hydrogen (secondary N) is 1. The summed E-state index contributed by atoms with van der Waals surface area (Å²) in [5, 5.41) is 10.9. The topological polar surface area (TPSA) is 83.4 Å². The number of rotatable bonds is 9. The molecule has 0 aliphatic carbocycles. The van der Waals surface area contributed by atoms with Crippen LogP contribution >= 0.6 is 15.9 Å². The van der Waals surface area contributed by atoms with E-state index in [1.54, 1.807) is 0 Å². The number of aliphatic imine (C=N–C) groups is 1. The van der Waals surface area contributed by atoms with Crippen molar-refractivity contribution in [2.24, 2.45) is 4.99 Å². The van der Waals surface area contributed by atoms with Gasteiger partial charge in [-0.3, -0.25) is 10.2 Å². The normalized spacial score (nSPS) is 20.7. The highest BCUT2D eigenvalue weighted by molar-refractivity contribution is 9.10. The minimum atomic E-state index is -1.03. The molecule has 7 nitrogen and oxygen atoms in total. The van der Waals surface area contributed by atoms with Crippen molar-refractivity contribution in [3.05, 3.63) is 64.1 Å². The summed E-state index contributed by atoms with van der Waals surface area (Å²) < 4.78 is 12.6. The van der Waals surface area contributed by atoms with Crippen LogP contribution < -0.4 is 10.2 Å². The Morgan fingerprint density at radius 1 is 1.12 bits per heavy atom.